The van der Waals surface area contributed by atoms with Gasteiger partial charge in [0.1, 0.15) is 5.82 Å². The van der Waals surface area contributed by atoms with Crippen molar-refractivity contribution in [2.45, 2.75) is 45.4 Å². The second-order valence-electron chi connectivity index (χ2n) is 10.7. The topological polar surface area (TPSA) is 40.5 Å². The second-order valence-corrected chi connectivity index (χ2v) is 10.7. The van der Waals surface area contributed by atoms with Crippen LogP contribution in [-0.2, 0) is 12.8 Å². The predicted molar refractivity (Wildman–Crippen MR) is 156 cm³/mol. The lowest BCUT2D eigenvalue weighted by atomic mass is 9.85. The number of carboxylic acids is 1. The average Bonchev–Trinajstić information content (AvgIpc) is 3.27. The maximum Gasteiger partial charge on any atom is 0.335 e. The van der Waals surface area contributed by atoms with Gasteiger partial charge in [-0.3, -0.25) is 4.39 Å². The van der Waals surface area contributed by atoms with Crippen LogP contribution in [0.1, 0.15) is 69.4 Å². The van der Waals surface area contributed by atoms with Gasteiger partial charge in [-0.2, -0.15) is 0 Å². The summed E-state index contributed by atoms with van der Waals surface area (Å²) in [6.07, 6.45) is 5.18. The fourth-order valence-electron chi connectivity index (χ4n) is 6.16. The molecular weight excluding hydrogens is 516 g/mol. The van der Waals surface area contributed by atoms with E-state index in [0.717, 1.165) is 85.1 Å². The standard InChI is InChI=1S/C33H35F2NO2.ClH/c1-22-28(6-3-8-31(22)35)30-7-2-5-26-20-27(33(37)38)13-14-29(26)32(30)25-11-9-23(10-12-25)19-24-15-18-36(21-24)17-4-16-34;/h3,6,8-14,20,24H,2,4-5,7,15-19,21H2,1H3,(H,37,38);1H. The molecule has 0 saturated carbocycles. The Morgan fingerprint density at radius 3 is 2.59 bits per heavy atom. The first kappa shape index (κ1) is 29.0. The van der Waals surface area contributed by atoms with E-state index < -0.39 is 5.97 Å². The van der Waals surface area contributed by atoms with E-state index in [4.69, 9.17) is 0 Å². The smallest absolute Gasteiger partial charge is 0.335 e. The molecule has 1 atom stereocenters. The zero-order valence-corrected chi connectivity index (χ0v) is 23.2. The Bertz CT molecular complexity index is 1350. The van der Waals surface area contributed by atoms with Crippen molar-refractivity contribution in [1.29, 1.82) is 0 Å². The van der Waals surface area contributed by atoms with Crippen LogP contribution >= 0.6 is 12.4 Å². The average molecular weight is 552 g/mol. The first-order chi connectivity index (χ1) is 18.4. The SMILES string of the molecule is Cc1c(F)cccc1C1=C(c2ccc(CC3CCN(CCCF)C3)cc2)c2ccc(C(=O)O)cc2CCC1.Cl. The molecule has 0 bridgehead atoms. The van der Waals surface area contributed by atoms with Gasteiger partial charge in [-0.05, 0) is 121 Å². The van der Waals surface area contributed by atoms with Gasteiger partial charge in [0.05, 0.1) is 12.2 Å². The number of alkyl halides is 1. The number of benzene rings is 3. The summed E-state index contributed by atoms with van der Waals surface area (Å²) in [5.41, 5.74) is 8.41. The lowest BCUT2D eigenvalue weighted by molar-refractivity contribution is 0.0696. The quantitative estimate of drug-likeness (QED) is 0.311. The van der Waals surface area contributed by atoms with Crippen LogP contribution < -0.4 is 0 Å². The van der Waals surface area contributed by atoms with E-state index in [1.54, 1.807) is 18.2 Å². The number of nitrogens with zero attached hydrogens (tertiary/aromatic N) is 1. The number of halogens is 3. The molecule has 1 aliphatic heterocycles. The summed E-state index contributed by atoms with van der Waals surface area (Å²) in [6, 6.07) is 19.4. The summed E-state index contributed by atoms with van der Waals surface area (Å²) in [6.45, 7) is 4.48. The highest BCUT2D eigenvalue weighted by atomic mass is 35.5. The third-order valence-corrected chi connectivity index (χ3v) is 8.13. The number of carboxylic acid groups (broad SMARTS) is 1. The summed E-state index contributed by atoms with van der Waals surface area (Å²) in [7, 11) is 0. The van der Waals surface area contributed by atoms with Gasteiger partial charge in [-0.15, -0.1) is 12.4 Å². The Balaban J connectivity index is 0.00000353. The van der Waals surface area contributed by atoms with Gasteiger partial charge in [-0.1, -0.05) is 42.5 Å². The second kappa shape index (κ2) is 12.9. The molecule has 1 unspecified atom stereocenters. The fourth-order valence-corrected chi connectivity index (χ4v) is 6.16. The van der Waals surface area contributed by atoms with Gasteiger partial charge >= 0.3 is 5.97 Å². The number of rotatable bonds is 8. The fraction of sp³-hybridized carbons (Fsp3) is 0.364. The molecule has 1 fully saturated rings. The van der Waals surface area contributed by atoms with Crippen LogP contribution in [0.2, 0.25) is 0 Å². The third-order valence-electron chi connectivity index (χ3n) is 8.13. The Hall–Kier alpha value is -3.02. The molecule has 206 valence electrons. The number of likely N-dealkylation sites (tertiary alicyclic amines) is 1. The lowest BCUT2D eigenvalue weighted by Crippen LogP contribution is -2.22. The normalized spacial score (nSPS) is 17.5. The zero-order valence-electron chi connectivity index (χ0n) is 22.4. The zero-order chi connectivity index (χ0) is 26.6. The van der Waals surface area contributed by atoms with Crippen LogP contribution in [0.4, 0.5) is 8.78 Å². The monoisotopic (exact) mass is 551 g/mol. The first-order valence-corrected chi connectivity index (χ1v) is 13.7. The van der Waals surface area contributed by atoms with E-state index in [0.29, 0.717) is 23.5 Å². The van der Waals surface area contributed by atoms with Crippen molar-refractivity contribution >= 4 is 29.5 Å². The minimum absolute atomic E-state index is 0. The number of carbonyl (C=O) groups is 1. The highest BCUT2D eigenvalue weighted by Crippen LogP contribution is 2.41. The Morgan fingerprint density at radius 2 is 1.85 bits per heavy atom. The summed E-state index contributed by atoms with van der Waals surface area (Å²) >= 11 is 0. The number of aromatic carboxylic acids is 1. The van der Waals surface area contributed by atoms with Crippen molar-refractivity contribution in [3.8, 4) is 0 Å². The number of fused-ring (bicyclic) bond motifs is 1. The molecule has 0 aromatic heterocycles. The van der Waals surface area contributed by atoms with E-state index in [2.05, 4.69) is 29.2 Å². The van der Waals surface area contributed by atoms with E-state index in [-0.39, 0.29) is 24.9 Å². The van der Waals surface area contributed by atoms with Crippen LogP contribution in [0.25, 0.3) is 11.1 Å². The molecule has 1 heterocycles. The molecule has 1 aliphatic carbocycles. The third kappa shape index (κ3) is 6.42. The largest absolute Gasteiger partial charge is 0.478 e. The van der Waals surface area contributed by atoms with Crippen molar-refractivity contribution in [1.82, 2.24) is 4.90 Å². The van der Waals surface area contributed by atoms with Crippen molar-refractivity contribution in [3.05, 3.63) is 105 Å². The first-order valence-electron chi connectivity index (χ1n) is 13.7. The Morgan fingerprint density at radius 1 is 1.05 bits per heavy atom. The molecule has 3 aromatic rings. The van der Waals surface area contributed by atoms with Gasteiger partial charge < -0.3 is 10.0 Å². The summed E-state index contributed by atoms with van der Waals surface area (Å²) < 4.78 is 27.2. The minimum atomic E-state index is -0.927. The van der Waals surface area contributed by atoms with Crippen LogP contribution in [0, 0.1) is 18.7 Å². The van der Waals surface area contributed by atoms with Crippen LogP contribution in [-0.4, -0.2) is 42.3 Å². The highest BCUT2D eigenvalue weighted by molar-refractivity contribution is 6.01. The molecule has 5 rings (SSSR count). The van der Waals surface area contributed by atoms with Gasteiger partial charge in [0.25, 0.3) is 0 Å². The molecular formula is C33H36ClF2NO2. The molecule has 0 spiro atoms. The minimum Gasteiger partial charge on any atom is -0.478 e. The van der Waals surface area contributed by atoms with Crippen LogP contribution in [0.5, 0.6) is 0 Å². The van der Waals surface area contributed by atoms with Crippen LogP contribution in [0.15, 0.2) is 60.7 Å². The molecule has 3 nitrogen and oxygen atoms in total. The molecule has 3 aromatic carbocycles. The number of hydrogen-bond donors (Lipinski definition) is 1. The molecule has 0 radical (unpaired) electrons. The van der Waals surface area contributed by atoms with Crippen LogP contribution in [0.3, 0.4) is 0 Å². The van der Waals surface area contributed by atoms with E-state index >= 15 is 0 Å². The number of hydrogen-bond acceptors (Lipinski definition) is 2. The number of aryl methyl sites for hydroxylation is 1. The van der Waals surface area contributed by atoms with Gasteiger partial charge in [0, 0.05) is 13.1 Å². The van der Waals surface area contributed by atoms with E-state index in [1.807, 2.05) is 19.1 Å². The molecule has 1 N–H and O–H groups in total. The molecule has 2 aliphatic rings. The summed E-state index contributed by atoms with van der Waals surface area (Å²) in [4.78, 5) is 14.0. The number of allylic oxidation sites excluding steroid dienone is 1. The maximum atomic E-state index is 14.6. The molecule has 1 saturated heterocycles. The Labute approximate surface area is 236 Å². The van der Waals surface area contributed by atoms with Crippen molar-refractivity contribution in [3.63, 3.8) is 0 Å². The van der Waals surface area contributed by atoms with Gasteiger partial charge in [0.2, 0.25) is 0 Å². The molecule has 39 heavy (non-hydrogen) atoms. The van der Waals surface area contributed by atoms with E-state index in [9.17, 15) is 18.7 Å². The van der Waals surface area contributed by atoms with Crippen molar-refractivity contribution in [2.24, 2.45) is 5.92 Å². The molecule has 0 amide bonds. The molecule has 6 heteroatoms. The lowest BCUT2D eigenvalue weighted by Gasteiger charge is -2.19. The summed E-state index contributed by atoms with van der Waals surface area (Å²) in [5.74, 6) is -0.561. The van der Waals surface area contributed by atoms with Crippen molar-refractivity contribution < 1.29 is 18.7 Å². The highest BCUT2D eigenvalue weighted by Gasteiger charge is 2.24. The Kier molecular flexibility index (Phi) is 9.58. The van der Waals surface area contributed by atoms with Gasteiger partial charge in [-0.25, -0.2) is 9.18 Å². The summed E-state index contributed by atoms with van der Waals surface area (Å²) in [5, 5.41) is 9.57. The van der Waals surface area contributed by atoms with E-state index in [1.165, 1.54) is 11.6 Å². The predicted octanol–water partition coefficient (Wildman–Crippen LogP) is 7.77. The van der Waals surface area contributed by atoms with Crippen molar-refractivity contribution in [2.75, 3.05) is 26.3 Å². The maximum absolute atomic E-state index is 14.6. The van der Waals surface area contributed by atoms with Gasteiger partial charge in [0.15, 0.2) is 0 Å².